The van der Waals surface area contributed by atoms with Gasteiger partial charge < -0.3 is 19.3 Å². The van der Waals surface area contributed by atoms with Gasteiger partial charge >= 0.3 is 18.2 Å². The minimum absolute atomic E-state index is 0.0373. The lowest BCUT2D eigenvalue weighted by Gasteiger charge is -2.12. The Balaban J connectivity index is 1.39. The number of carbonyl (C=O) groups is 1. The van der Waals surface area contributed by atoms with Gasteiger partial charge in [0.1, 0.15) is 12.4 Å². The number of alkyl halides is 3. The molecule has 0 radical (unpaired) electrons. The molecule has 170 valence electrons. The van der Waals surface area contributed by atoms with Crippen molar-refractivity contribution in [3.05, 3.63) is 71.9 Å². The van der Waals surface area contributed by atoms with Gasteiger partial charge in [-0.3, -0.25) is 4.98 Å². The number of hydrogen-bond acceptors (Lipinski definition) is 7. The first kappa shape index (κ1) is 22.1. The summed E-state index contributed by atoms with van der Waals surface area (Å²) in [5.41, 5.74) is 1.61. The highest BCUT2D eigenvalue weighted by atomic mass is 19.4. The molecule has 11 heteroatoms. The quantitative estimate of drug-likeness (QED) is 0.446. The van der Waals surface area contributed by atoms with Crippen LogP contribution in [0.3, 0.4) is 0 Å². The van der Waals surface area contributed by atoms with Crippen LogP contribution in [0.5, 0.6) is 5.75 Å². The molecule has 1 N–H and O–H groups in total. The normalized spacial score (nSPS) is 11.4. The van der Waals surface area contributed by atoms with E-state index in [1.165, 1.54) is 19.2 Å². The van der Waals surface area contributed by atoms with E-state index < -0.39 is 18.2 Å². The van der Waals surface area contributed by atoms with Crippen molar-refractivity contribution < 1.29 is 32.0 Å². The molecule has 0 aliphatic rings. The molecule has 0 saturated carbocycles. The largest absolute Gasteiger partial charge is 0.496 e. The number of aromatic nitrogens is 3. The number of methoxy groups -OCH3 is 1. The third kappa shape index (κ3) is 5.03. The van der Waals surface area contributed by atoms with Gasteiger partial charge in [-0.15, -0.1) is 0 Å². The van der Waals surface area contributed by atoms with Crippen molar-refractivity contribution in [3.8, 4) is 17.1 Å². The van der Waals surface area contributed by atoms with Crippen LogP contribution < -0.4 is 10.1 Å². The van der Waals surface area contributed by atoms with E-state index in [1.807, 2.05) is 24.3 Å². The summed E-state index contributed by atoms with van der Waals surface area (Å²) in [4.78, 5) is 19.7. The van der Waals surface area contributed by atoms with Crippen molar-refractivity contribution in [2.45, 2.75) is 19.3 Å². The Labute approximate surface area is 185 Å². The number of nitrogens with one attached hydrogen (secondary N) is 1. The van der Waals surface area contributed by atoms with Crippen molar-refractivity contribution in [1.29, 1.82) is 0 Å². The Bertz CT molecular complexity index is 1280. The summed E-state index contributed by atoms with van der Waals surface area (Å²) < 4.78 is 52.8. The summed E-state index contributed by atoms with van der Waals surface area (Å²) in [5, 5.41) is 7.84. The molecule has 0 spiro atoms. The standard InChI is InChI=1S/C22H17F3N4O4/c1-31-18-8-13(19-28-20(33-29-19)22(23,24)25)6-7-15(18)11-27-21(30)32-12-16-10-26-9-14-4-2-3-5-17(14)16/h2-10H,11-12H2,1H3,(H,27,30). The number of fused-ring (bicyclic) bond motifs is 1. The van der Waals surface area contributed by atoms with Crippen molar-refractivity contribution in [3.63, 3.8) is 0 Å². The Morgan fingerprint density at radius 2 is 1.94 bits per heavy atom. The molecule has 0 aliphatic carbocycles. The zero-order chi connectivity index (χ0) is 23.4. The van der Waals surface area contributed by atoms with Gasteiger partial charge in [0.05, 0.1) is 7.11 Å². The maximum Gasteiger partial charge on any atom is 0.471 e. The zero-order valence-electron chi connectivity index (χ0n) is 17.2. The van der Waals surface area contributed by atoms with Crippen LogP contribution in [0.15, 0.2) is 59.4 Å². The van der Waals surface area contributed by atoms with Crippen LogP contribution in [-0.4, -0.2) is 28.3 Å². The van der Waals surface area contributed by atoms with Crippen molar-refractivity contribution in [1.82, 2.24) is 20.4 Å². The van der Waals surface area contributed by atoms with Gasteiger partial charge in [0.2, 0.25) is 5.82 Å². The van der Waals surface area contributed by atoms with Crippen LogP contribution in [0, 0.1) is 0 Å². The molecule has 0 aliphatic heterocycles. The van der Waals surface area contributed by atoms with Crippen LogP contribution >= 0.6 is 0 Å². The first-order valence-corrected chi connectivity index (χ1v) is 9.65. The van der Waals surface area contributed by atoms with Crippen LogP contribution in [0.25, 0.3) is 22.2 Å². The molecule has 2 aromatic carbocycles. The fraction of sp³-hybridized carbons (Fsp3) is 0.182. The number of halogens is 3. The molecule has 4 rings (SSSR count). The predicted octanol–water partition coefficient (Wildman–Crippen LogP) is 4.74. The molecule has 0 fully saturated rings. The second-order valence-corrected chi connectivity index (χ2v) is 6.90. The number of benzene rings is 2. The third-order valence-corrected chi connectivity index (χ3v) is 4.75. The lowest BCUT2D eigenvalue weighted by molar-refractivity contribution is -0.159. The van der Waals surface area contributed by atoms with Gasteiger partial charge in [-0.2, -0.15) is 18.2 Å². The minimum atomic E-state index is -4.73. The predicted molar refractivity (Wildman–Crippen MR) is 110 cm³/mol. The van der Waals surface area contributed by atoms with Crippen molar-refractivity contribution in [2.75, 3.05) is 7.11 Å². The molecule has 2 heterocycles. The molecule has 4 aromatic rings. The molecule has 0 saturated heterocycles. The molecule has 8 nitrogen and oxygen atoms in total. The molecular formula is C22H17F3N4O4. The first-order valence-electron chi connectivity index (χ1n) is 9.65. The second kappa shape index (κ2) is 9.15. The zero-order valence-corrected chi connectivity index (χ0v) is 17.2. The van der Waals surface area contributed by atoms with E-state index in [2.05, 4.69) is 25.0 Å². The number of rotatable bonds is 6. The van der Waals surface area contributed by atoms with Crippen molar-refractivity contribution in [2.24, 2.45) is 0 Å². The topological polar surface area (TPSA) is 99.4 Å². The molecular weight excluding hydrogens is 441 g/mol. The van der Waals surface area contributed by atoms with E-state index in [1.54, 1.807) is 18.5 Å². The average Bonchev–Trinajstić information content (AvgIpc) is 3.32. The highest BCUT2D eigenvalue weighted by molar-refractivity contribution is 5.84. The highest BCUT2D eigenvalue weighted by Gasteiger charge is 2.38. The Morgan fingerprint density at radius 1 is 1.12 bits per heavy atom. The minimum Gasteiger partial charge on any atom is -0.496 e. The molecule has 0 bridgehead atoms. The summed E-state index contributed by atoms with van der Waals surface area (Å²) >= 11 is 0. The van der Waals surface area contributed by atoms with Gasteiger partial charge in [0.15, 0.2) is 0 Å². The molecule has 1 amide bonds. The maximum absolute atomic E-state index is 12.7. The lowest BCUT2D eigenvalue weighted by atomic mass is 10.1. The van der Waals surface area contributed by atoms with Gasteiger partial charge in [-0.25, -0.2) is 4.79 Å². The smallest absolute Gasteiger partial charge is 0.471 e. The Kier molecular flexibility index (Phi) is 6.11. The summed E-state index contributed by atoms with van der Waals surface area (Å²) in [6.45, 7) is 0.103. The van der Waals surface area contributed by atoms with E-state index in [0.717, 1.165) is 16.3 Å². The van der Waals surface area contributed by atoms with Gasteiger partial charge in [0, 0.05) is 41.0 Å². The average molecular weight is 458 g/mol. The van der Waals surface area contributed by atoms with Gasteiger partial charge in [-0.05, 0) is 11.5 Å². The number of nitrogens with zero attached hydrogens (tertiary/aromatic N) is 3. The fourth-order valence-corrected chi connectivity index (χ4v) is 3.14. The van der Waals surface area contributed by atoms with Crippen LogP contribution in [-0.2, 0) is 24.1 Å². The Hall–Kier alpha value is -4.15. The van der Waals surface area contributed by atoms with E-state index in [4.69, 9.17) is 9.47 Å². The molecule has 0 atom stereocenters. The van der Waals surface area contributed by atoms with E-state index in [-0.39, 0.29) is 24.5 Å². The number of ether oxygens (including phenoxy) is 2. The first-order chi connectivity index (χ1) is 15.8. The highest BCUT2D eigenvalue weighted by Crippen LogP contribution is 2.31. The van der Waals surface area contributed by atoms with E-state index >= 15 is 0 Å². The van der Waals surface area contributed by atoms with E-state index in [9.17, 15) is 18.0 Å². The van der Waals surface area contributed by atoms with Gasteiger partial charge in [0.25, 0.3) is 0 Å². The summed E-state index contributed by atoms with van der Waals surface area (Å²) in [6, 6.07) is 12.1. The molecule has 33 heavy (non-hydrogen) atoms. The van der Waals surface area contributed by atoms with Crippen LogP contribution in [0.2, 0.25) is 0 Å². The number of carbonyl (C=O) groups excluding carboxylic acids is 1. The lowest BCUT2D eigenvalue weighted by Crippen LogP contribution is -2.24. The molecule has 0 unspecified atom stereocenters. The summed E-state index contributed by atoms with van der Waals surface area (Å²) in [5.74, 6) is -1.35. The van der Waals surface area contributed by atoms with Crippen molar-refractivity contribution >= 4 is 16.9 Å². The van der Waals surface area contributed by atoms with Gasteiger partial charge in [-0.1, -0.05) is 41.6 Å². The van der Waals surface area contributed by atoms with Crippen LogP contribution in [0.1, 0.15) is 17.0 Å². The Morgan fingerprint density at radius 3 is 2.70 bits per heavy atom. The fourth-order valence-electron chi connectivity index (χ4n) is 3.14. The SMILES string of the molecule is COc1cc(-c2noc(C(F)(F)F)n2)ccc1CNC(=O)OCc1cncc2ccccc12. The van der Waals surface area contributed by atoms with E-state index in [0.29, 0.717) is 11.3 Å². The summed E-state index contributed by atoms with van der Waals surface area (Å²) in [7, 11) is 1.39. The van der Waals surface area contributed by atoms with Crippen LogP contribution in [0.4, 0.5) is 18.0 Å². The number of amides is 1. The second-order valence-electron chi connectivity index (χ2n) is 6.90. The summed E-state index contributed by atoms with van der Waals surface area (Å²) in [6.07, 6.45) is -2.02. The monoisotopic (exact) mass is 458 g/mol. The number of pyridine rings is 1. The maximum atomic E-state index is 12.7. The third-order valence-electron chi connectivity index (χ3n) is 4.75. The number of alkyl carbamates (subject to hydrolysis) is 1. The number of hydrogen-bond donors (Lipinski definition) is 1. The molecule has 2 aromatic heterocycles.